The van der Waals surface area contributed by atoms with E-state index in [-0.39, 0.29) is 34.9 Å². The van der Waals surface area contributed by atoms with Gasteiger partial charge in [-0.1, -0.05) is 6.07 Å². The number of nitrogens with one attached hydrogen (secondary N) is 3. The number of aryl methyl sites for hydroxylation is 1. The van der Waals surface area contributed by atoms with Gasteiger partial charge in [0.15, 0.2) is 0 Å². The Morgan fingerprint density at radius 2 is 1.75 bits per heavy atom. The van der Waals surface area contributed by atoms with Gasteiger partial charge in [0.2, 0.25) is 0 Å². The molecule has 2 aromatic carbocycles. The normalized spacial score (nSPS) is 14.8. The van der Waals surface area contributed by atoms with E-state index >= 15 is 0 Å². The van der Waals surface area contributed by atoms with Gasteiger partial charge in [-0.2, -0.15) is 0 Å². The van der Waals surface area contributed by atoms with Gasteiger partial charge in [-0.05, 0) is 74.8 Å². The fourth-order valence-electron chi connectivity index (χ4n) is 2.99. The van der Waals surface area contributed by atoms with Crippen molar-refractivity contribution < 1.29 is 17.6 Å². The number of piperidine rings is 1. The molecule has 0 atom stereocenters. The molecule has 1 amide bonds. The van der Waals surface area contributed by atoms with Crippen LogP contribution < -0.4 is 15.4 Å². The van der Waals surface area contributed by atoms with Crippen LogP contribution in [0.15, 0.2) is 47.4 Å². The molecule has 0 unspecified atom stereocenters. The number of sulfonamides is 1. The molecule has 1 aliphatic heterocycles. The van der Waals surface area contributed by atoms with E-state index in [0.29, 0.717) is 11.1 Å². The first-order chi connectivity index (χ1) is 12.8. The highest BCUT2D eigenvalue weighted by atomic mass is 35.5. The van der Waals surface area contributed by atoms with E-state index in [9.17, 15) is 17.6 Å². The van der Waals surface area contributed by atoms with E-state index in [1.807, 2.05) is 0 Å². The van der Waals surface area contributed by atoms with E-state index in [1.54, 1.807) is 19.1 Å². The third-order valence-electron chi connectivity index (χ3n) is 4.51. The summed E-state index contributed by atoms with van der Waals surface area (Å²) >= 11 is 0. The third-order valence-corrected chi connectivity index (χ3v) is 6.03. The first-order valence-corrected chi connectivity index (χ1v) is 10.2. The van der Waals surface area contributed by atoms with Crippen molar-refractivity contribution in [1.82, 2.24) is 10.6 Å². The Morgan fingerprint density at radius 1 is 1.11 bits per heavy atom. The predicted octanol–water partition coefficient (Wildman–Crippen LogP) is 2.84. The lowest BCUT2D eigenvalue weighted by molar-refractivity contribution is 0.0929. The van der Waals surface area contributed by atoms with Crippen molar-refractivity contribution in [3.63, 3.8) is 0 Å². The zero-order valence-electron chi connectivity index (χ0n) is 15.4. The molecular formula is C19H23ClFN3O3S. The van der Waals surface area contributed by atoms with E-state index in [4.69, 9.17) is 0 Å². The number of hydrogen-bond donors (Lipinski definition) is 3. The number of amides is 1. The Balaban J connectivity index is 0.00000280. The number of carbonyl (C=O) groups is 1. The molecule has 1 heterocycles. The van der Waals surface area contributed by atoms with Gasteiger partial charge < -0.3 is 10.6 Å². The van der Waals surface area contributed by atoms with Gasteiger partial charge in [-0.25, -0.2) is 12.8 Å². The maximum atomic E-state index is 13.0. The van der Waals surface area contributed by atoms with Crippen molar-refractivity contribution in [3.8, 4) is 0 Å². The molecule has 152 valence electrons. The lowest BCUT2D eigenvalue weighted by atomic mass is 10.1. The van der Waals surface area contributed by atoms with Crippen molar-refractivity contribution >= 4 is 34.0 Å². The second-order valence-corrected chi connectivity index (χ2v) is 8.24. The fourth-order valence-corrected chi connectivity index (χ4v) is 4.32. The topological polar surface area (TPSA) is 87.3 Å². The van der Waals surface area contributed by atoms with Gasteiger partial charge in [0, 0.05) is 17.3 Å². The summed E-state index contributed by atoms with van der Waals surface area (Å²) in [5.41, 5.74) is 1.06. The van der Waals surface area contributed by atoms with Crippen LogP contribution in [0.3, 0.4) is 0 Å². The first-order valence-electron chi connectivity index (χ1n) is 8.76. The number of anilines is 1. The van der Waals surface area contributed by atoms with E-state index in [2.05, 4.69) is 15.4 Å². The number of carbonyl (C=O) groups excluding carboxylic acids is 1. The second kappa shape index (κ2) is 9.36. The van der Waals surface area contributed by atoms with Crippen molar-refractivity contribution in [2.45, 2.75) is 30.7 Å². The monoisotopic (exact) mass is 427 g/mol. The van der Waals surface area contributed by atoms with E-state index < -0.39 is 15.8 Å². The molecule has 1 saturated heterocycles. The molecule has 0 radical (unpaired) electrons. The van der Waals surface area contributed by atoms with Crippen LogP contribution in [0.5, 0.6) is 0 Å². The van der Waals surface area contributed by atoms with E-state index in [1.165, 1.54) is 30.3 Å². The van der Waals surface area contributed by atoms with Gasteiger partial charge in [0.1, 0.15) is 5.82 Å². The third kappa shape index (κ3) is 5.43. The van der Waals surface area contributed by atoms with Gasteiger partial charge in [-0.3, -0.25) is 9.52 Å². The van der Waals surface area contributed by atoms with Gasteiger partial charge in [-0.15, -0.1) is 12.4 Å². The maximum Gasteiger partial charge on any atom is 0.262 e. The summed E-state index contributed by atoms with van der Waals surface area (Å²) in [6.45, 7) is 3.36. The molecule has 6 nitrogen and oxygen atoms in total. The van der Waals surface area contributed by atoms with Gasteiger partial charge in [0.25, 0.3) is 15.9 Å². The molecule has 3 rings (SSSR count). The Kier molecular flexibility index (Phi) is 7.40. The molecule has 9 heteroatoms. The molecule has 1 aliphatic rings. The maximum absolute atomic E-state index is 13.0. The van der Waals surface area contributed by atoms with Crippen LogP contribution in [-0.2, 0) is 10.0 Å². The summed E-state index contributed by atoms with van der Waals surface area (Å²) in [4.78, 5) is 12.5. The number of rotatable bonds is 5. The highest BCUT2D eigenvalue weighted by Gasteiger charge is 2.21. The minimum atomic E-state index is -3.91. The summed E-state index contributed by atoms with van der Waals surface area (Å²) in [5, 5.41) is 6.18. The van der Waals surface area contributed by atoms with Crippen LogP contribution in [0.2, 0.25) is 0 Å². The quantitative estimate of drug-likeness (QED) is 0.684. The first kappa shape index (κ1) is 22.1. The fraction of sp³-hybridized carbons (Fsp3) is 0.316. The summed E-state index contributed by atoms with van der Waals surface area (Å²) < 4.78 is 40.9. The smallest absolute Gasteiger partial charge is 0.262 e. The van der Waals surface area contributed by atoms with Crippen LogP contribution in [0, 0.1) is 12.7 Å². The summed E-state index contributed by atoms with van der Waals surface area (Å²) in [7, 11) is -3.91. The average molecular weight is 428 g/mol. The number of hydrogen-bond acceptors (Lipinski definition) is 4. The standard InChI is InChI=1S/C19H22FN3O3S.ClH/c1-13-2-3-14(19(24)22-16-8-10-21-11-9-16)12-18(13)27(25,26)23-17-6-4-15(20)5-7-17;/h2-7,12,16,21,23H,8-11H2,1H3,(H,22,24);1H. The van der Waals surface area contributed by atoms with Crippen LogP contribution >= 0.6 is 12.4 Å². The Morgan fingerprint density at radius 3 is 2.39 bits per heavy atom. The highest BCUT2D eigenvalue weighted by Crippen LogP contribution is 2.21. The van der Waals surface area contributed by atoms with Crippen molar-refractivity contribution in [1.29, 1.82) is 0 Å². The molecule has 28 heavy (non-hydrogen) atoms. The molecule has 1 fully saturated rings. The largest absolute Gasteiger partial charge is 0.349 e. The Bertz CT molecular complexity index is 930. The predicted molar refractivity (Wildman–Crippen MR) is 109 cm³/mol. The Labute approximate surface area is 170 Å². The average Bonchev–Trinajstić information content (AvgIpc) is 2.64. The van der Waals surface area contributed by atoms with Crippen LogP contribution in [0.25, 0.3) is 0 Å². The lowest BCUT2D eigenvalue weighted by Gasteiger charge is -2.23. The van der Waals surface area contributed by atoms with Crippen molar-refractivity contribution in [2.24, 2.45) is 0 Å². The Hall–Kier alpha value is -2.16. The minimum absolute atomic E-state index is 0. The van der Waals surface area contributed by atoms with Crippen molar-refractivity contribution in [3.05, 3.63) is 59.4 Å². The highest BCUT2D eigenvalue weighted by molar-refractivity contribution is 7.92. The molecule has 0 bridgehead atoms. The number of benzene rings is 2. The minimum Gasteiger partial charge on any atom is -0.349 e. The molecule has 0 spiro atoms. The summed E-state index contributed by atoms with van der Waals surface area (Å²) in [5.74, 6) is -0.745. The second-order valence-electron chi connectivity index (χ2n) is 6.59. The molecular weight excluding hydrogens is 405 g/mol. The molecule has 3 N–H and O–H groups in total. The number of halogens is 2. The van der Waals surface area contributed by atoms with Crippen LogP contribution in [0.1, 0.15) is 28.8 Å². The molecule has 0 aromatic heterocycles. The van der Waals surface area contributed by atoms with Gasteiger partial charge >= 0.3 is 0 Å². The van der Waals surface area contributed by atoms with Gasteiger partial charge in [0.05, 0.1) is 4.90 Å². The zero-order chi connectivity index (χ0) is 19.4. The van der Waals surface area contributed by atoms with E-state index in [0.717, 1.165) is 25.9 Å². The zero-order valence-corrected chi connectivity index (χ0v) is 17.0. The molecule has 2 aromatic rings. The van der Waals surface area contributed by atoms with Crippen LogP contribution in [0.4, 0.5) is 10.1 Å². The van der Waals surface area contributed by atoms with Crippen LogP contribution in [-0.4, -0.2) is 33.5 Å². The lowest BCUT2D eigenvalue weighted by Crippen LogP contribution is -2.42. The molecule has 0 saturated carbocycles. The molecule has 0 aliphatic carbocycles. The SMILES string of the molecule is Cc1ccc(C(=O)NC2CCNCC2)cc1S(=O)(=O)Nc1ccc(F)cc1.Cl. The summed E-state index contributed by atoms with van der Waals surface area (Å²) in [6, 6.07) is 9.71. The summed E-state index contributed by atoms with van der Waals surface area (Å²) in [6.07, 6.45) is 1.68. The van der Waals surface area contributed by atoms with Crippen molar-refractivity contribution in [2.75, 3.05) is 17.8 Å².